The van der Waals surface area contributed by atoms with Gasteiger partial charge in [-0.25, -0.2) is 0 Å². The van der Waals surface area contributed by atoms with Crippen molar-refractivity contribution in [3.05, 3.63) is 16.4 Å². The predicted octanol–water partition coefficient (Wildman–Crippen LogP) is 4.84. The summed E-state index contributed by atoms with van der Waals surface area (Å²) < 4.78 is 2.66. The summed E-state index contributed by atoms with van der Waals surface area (Å²) in [5.74, 6) is 1.33. The van der Waals surface area contributed by atoms with Crippen molar-refractivity contribution >= 4 is 21.7 Å². The highest BCUT2D eigenvalue weighted by Crippen LogP contribution is 2.34. The Bertz CT molecular complexity index is 447. The van der Waals surface area contributed by atoms with Gasteiger partial charge in [-0.2, -0.15) is 5.10 Å². The van der Waals surface area contributed by atoms with Gasteiger partial charge in [0.1, 0.15) is 5.69 Å². The smallest absolute Gasteiger partial charge is 0.185 e. The number of hydrogen-bond acceptors (Lipinski definition) is 2. The van der Waals surface area contributed by atoms with Gasteiger partial charge >= 0.3 is 0 Å². The third kappa shape index (κ3) is 3.51. The lowest BCUT2D eigenvalue weighted by molar-refractivity contribution is 0.0857. The third-order valence-electron chi connectivity index (χ3n) is 4.51. The van der Waals surface area contributed by atoms with E-state index in [1.165, 1.54) is 32.1 Å². The number of Topliss-reactive ketones (excluding diaryl/α,β-unsaturated/α-hetero) is 1. The van der Waals surface area contributed by atoms with Gasteiger partial charge in [0.05, 0.1) is 10.7 Å². The van der Waals surface area contributed by atoms with Crippen LogP contribution < -0.4 is 0 Å². The number of carbonyl (C=O) groups excluding carboxylic acids is 1. The van der Waals surface area contributed by atoms with Crippen LogP contribution in [0.2, 0.25) is 0 Å². The molecule has 0 N–H and O–H groups in total. The van der Waals surface area contributed by atoms with Crippen molar-refractivity contribution in [3.8, 4) is 0 Å². The number of rotatable bonds is 6. The van der Waals surface area contributed by atoms with Crippen LogP contribution in [0, 0.1) is 11.8 Å². The Morgan fingerprint density at radius 1 is 1.35 bits per heavy atom. The van der Waals surface area contributed by atoms with Gasteiger partial charge in [-0.05, 0) is 54.5 Å². The molecular formula is C16H25BrN2O. The summed E-state index contributed by atoms with van der Waals surface area (Å²) in [5.41, 5.74) is 0.768. The van der Waals surface area contributed by atoms with E-state index in [2.05, 4.69) is 28.0 Å². The maximum absolute atomic E-state index is 12.7. The molecule has 0 radical (unpaired) electrons. The zero-order chi connectivity index (χ0) is 14.5. The molecule has 112 valence electrons. The maximum Gasteiger partial charge on any atom is 0.185 e. The van der Waals surface area contributed by atoms with Crippen molar-refractivity contribution in [2.45, 2.75) is 65.3 Å². The number of aromatic nitrogens is 2. The second kappa shape index (κ2) is 7.39. The van der Waals surface area contributed by atoms with Crippen molar-refractivity contribution < 1.29 is 4.79 Å². The molecule has 0 unspecified atom stereocenters. The standard InChI is InChI=1S/C16H25BrN2O/c1-3-5-6-12-7-9-13(10-8-12)16(20)15-14(17)11-18-19(15)4-2/h11-13H,3-10H2,1-2H3. The molecular weight excluding hydrogens is 316 g/mol. The molecule has 0 spiro atoms. The third-order valence-corrected chi connectivity index (χ3v) is 5.09. The van der Waals surface area contributed by atoms with Crippen LogP contribution in [0.4, 0.5) is 0 Å². The number of unbranched alkanes of at least 4 members (excludes halogenated alkanes) is 1. The Morgan fingerprint density at radius 2 is 2.05 bits per heavy atom. The van der Waals surface area contributed by atoms with Crippen LogP contribution in [0.1, 0.15) is 69.3 Å². The van der Waals surface area contributed by atoms with Crippen LogP contribution >= 0.6 is 15.9 Å². The normalized spacial score (nSPS) is 22.9. The van der Waals surface area contributed by atoms with Crippen molar-refractivity contribution in [1.29, 1.82) is 0 Å². The zero-order valence-electron chi connectivity index (χ0n) is 12.6. The molecule has 1 aromatic rings. The minimum absolute atomic E-state index is 0.200. The molecule has 1 aromatic heterocycles. The molecule has 0 aromatic carbocycles. The molecule has 1 fully saturated rings. The lowest BCUT2D eigenvalue weighted by Gasteiger charge is -2.27. The van der Waals surface area contributed by atoms with Crippen LogP contribution in [0.5, 0.6) is 0 Å². The second-order valence-electron chi connectivity index (χ2n) is 5.88. The average molecular weight is 341 g/mol. The maximum atomic E-state index is 12.7. The van der Waals surface area contributed by atoms with Gasteiger partial charge in [-0.3, -0.25) is 9.48 Å². The van der Waals surface area contributed by atoms with Crippen LogP contribution in [0.25, 0.3) is 0 Å². The fraction of sp³-hybridized carbons (Fsp3) is 0.750. The summed E-state index contributed by atoms with van der Waals surface area (Å²) in [5, 5.41) is 4.25. The van der Waals surface area contributed by atoms with Crippen LogP contribution in [-0.4, -0.2) is 15.6 Å². The number of nitrogens with zero attached hydrogens (tertiary/aromatic N) is 2. The second-order valence-corrected chi connectivity index (χ2v) is 6.74. The topological polar surface area (TPSA) is 34.9 Å². The SMILES string of the molecule is CCCCC1CCC(C(=O)c2c(Br)cnn2CC)CC1. The van der Waals surface area contributed by atoms with E-state index in [9.17, 15) is 4.79 Å². The molecule has 1 aliphatic rings. The molecule has 0 bridgehead atoms. The van der Waals surface area contributed by atoms with Gasteiger partial charge in [0.2, 0.25) is 0 Å². The van der Waals surface area contributed by atoms with Crippen LogP contribution in [-0.2, 0) is 6.54 Å². The van der Waals surface area contributed by atoms with Crippen molar-refractivity contribution in [1.82, 2.24) is 9.78 Å². The highest BCUT2D eigenvalue weighted by molar-refractivity contribution is 9.10. The Morgan fingerprint density at radius 3 is 2.65 bits per heavy atom. The van der Waals surface area contributed by atoms with Crippen molar-refractivity contribution in [2.75, 3.05) is 0 Å². The fourth-order valence-corrected chi connectivity index (χ4v) is 3.74. The quantitative estimate of drug-likeness (QED) is 0.694. The predicted molar refractivity (Wildman–Crippen MR) is 84.9 cm³/mol. The number of hydrogen-bond donors (Lipinski definition) is 0. The van der Waals surface area contributed by atoms with Crippen molar-refractivity contribution in [3.63, 3.8) is 0 Å². The van der Waals surface area contributed by atoms with Gasteiger partial charge in [-0.1, -0.05) is 26.2 Å². The molecule has 4 heteroatoms. The monoisotopic (exact) mass is 340 g/mol. The summed E-state index contributed by atoms with van der Waals surface area (Å²) in [6, 6.07) is 0. The summed E-state index contributed by atoms with van der Waals surface area (Å²) in [6.45, 7) is 5.02. The Balaban J connectivity index is 1.96. The van der Waals surface area contributed by atoms with E-state index in [1.54, 1.807) is 6.20 Å². The van der Waals surface area contributed by atoms with Gasteiger partial charge < -0.3 is 0 Å². The largest absolute Gasteiger partial charge is 0.292 e. The van der Waals surface area contributed by atoms with Gasteiger partial charge in [0.25, 0.3) is 0 Å². The van der Waals surface area contributed by atoms with Gasteiger partial charge in [0.15, 0.2) is 5.78 Å². The van der Waals surface area contributed by atoms with E-state index in [-0.39, 0.29) is 11.7 Å². The highest BCUT2D eigenvalue weighted by Gasteiger charge is 2.29. The Labute approximate surface area is 130 Å². The first-order chi connectivity index (χ1) is 9.67. The van der Waals surface area contributed by atoms with Gasteiger partial charge in [0, 0.05) is 12.5 Å². The summed E-state index contributed by atoms with van der Waals surface area (Å²) in [6.07, 6.45) is 10.2. The van der Waals surface area contributed by atoms with Crippen LogP contribution in [0.15, 0.2) is 10.7 Å². The number of halogens is 1. The molecule has 1 heterocycles. The molecule has 0 atom stereocenters. The molecule has 0 saturated heterocycles. The van der Waals surface area contributed by atoms with E-state index >= 15 is 0 Å². The first-order valence-electron chi connectivity index (χ1n) is 7.92. The van der Waals surface area contributed by atoms with E-state index < -0.39 is 0 Å². The number of ketones is 1. The Kier molecular flexibility index (Phi) is 5.82. The fourth-order valence-electron chi connectivity index (χ4n) is 3.25. The first kappa shape index (κ1) is 15.7. The minimum Gasteiger partial charge on any atom is -0.292 e. The number of carbonyl (C=O) groups is 1. The Hall–Kier alpha value is -0.640. The van der Waals surface area contributed by atoms with Crippen molar-refractivity contribution in [2.24, 2.45) is 11.8 Å². The molecule has 1 saturated carbocycles. The molecule has 0 amide bonds. The van der Waals surface area contributed by atoms with Gasteiger partial charge in [-0.15, -0.1) is 0 Å². The molecule has 3 nitrogen and oxygen atoms in total. The van der Waals surface area contributed by atoms with E-state index in [0.717, 1.165) is 35.5 Å². The summed E-state index contributed by atoms with van der Waals surface area (Å²) in [4.78, 5) is 12.7. The lowest BCUT2D eigenvalue weighted by Crippen LogP contribution is -2.24. The zero-order valence-corrected chi connectivity index (χ0v) is 14.2. The number of aryl methyl sites for hydroxylation is 1. The molecule has 20 heavy (non-hydrogen) atoms. The lowest BCUT2D eigenvalue weighted by atomic mass is 9.77. The first-order valence-corrected chi connectivity index (χ1v) is 8.72. The molecule has 1 aliphatic carbocycles. The average Bonchev–Trinajstić information content (AvgIpc) is 2.86. The highest BCUT2D eigenvalue weighted by atomic mass is 79.9. The minimum atomic E-state index is 0.200. The molecule has 0 aliphatic heterocycles. The van der Waals surface area contributed by atoms with E-state index in [0.29, 0.717) is 0 Å². The summed E-state index contributed by atoms with van der Waals surface area (Å²) >= 11 is 3.47. The van der Waals surface area contributed by atoms with Crippen LogP contribution in [0.3, 0.4) is 0 Å². The molecule has 2 rings (SSSR count). The summed E-state index contributed by atoms with van der Waals surface area (Å²) in [7, 11) is 0. The van der Waals surface area contributed by atoms with E-state index in [4.69, 9.17) is 0 Å². The van der Waals surface area contributed by atoms with E-state index in [1.807, 2.05) is 11.6 Å².